The normalized spacial score (nSPS) is 10.5. The molecule has 0 aliphatic rings. The molecule has 6 heteroatoms. The van der Waals surface area contributed by atoms with Crippen molar-refractivity contribution in [2.45, 2.75) is 10.6 Å². The van der Waals surface area contributed by atoms with E-state index in [0.717, 1.165) is 10.6 Å². The van der Waals surface area contributed by atoms with Crippen molar-refractivity contribution in [2.75, 3.05) is 5.73 Å². The van der Waals surface area contributed by atoms with E-state index in [9.17, 15) is 0 Å². The summed E-state index contributed by atoms with van der Waals surface area (Å²) in [7, 11) is 0. The average Bonchev–Trinajstić information content (AvgIpc) is 2.32. The molecule has 0 fully saturated rings. The van der Waals surface area contributed by atoms with Gasteiger partial charge in [0.2, 0.25) is 0 Å². The van der Waals surface area contributed by atoms with Crippen molar-refractivity contribution < 1.29 is 0 Å². The molecule has 0 aliphatic heterocycles. The number of benzene rings is 1. The second kappa shape index (κ2) is 5.58. The summed E-state index contributed by atoms with van der Waals surface area (Å²) in [5, 5.41) is 1.06. The van der Waals surface area contributed by atoms with E-state index in [1.807, 2.05) is 6.07 Å². The zero-order chi connectivity index (χ0) is 12.3. The summed E-state index contributed by atoms with van der Waals surface area (Å²) in [4.78, 5) is 9.06. The van der Waals surface area contributed by atoms with Crippen LogP contribution in [0.1, 0.15) is 5.69 Å². The fraction of sp³-hybridized carbons (Fsp3) is 0.0909. The Bertz CT molecular complexity index is 517. The minimum Gasteiger partial charge on any atom is -0.398 e. The van der Waals surface area contributed by atoms with Crippen LogP contribution < -0.4 is 5.73 Å². The Morgan fingerprint density at radius 1 is 1.18 bits per heavy atom. The number of hydrogen-bond donors (Lipinski definition) is 1. The van der Waals surface area contributed by atoms with E-state index in [1.54, 1.807) is 30.1 Å². The summed E-state index contributed by atoms with van der Waals surface area (Å²) in [6, 6.07) is 5.39. The molecule has 88 valence electrons. The van der Waals surface area contributed by atoms with Gasteiger partial charge in [-0.15, -0.1) is 11.8 Å². The van der Waals surface area contributed by atoms with Gasteiger partial charge in [-0.2, -0.15) is 0 Å². The van der Waals surface area contributed by atoms with E-state index in [1.165, 1.54) is 6.20 Å². The Balaban J connectivity index is 2.07. The monoisotopic (exact) mass is 285 g/mol. The zero-order valence-corrected chi connectivity index (χ0v) is 11.1. The van der Waals surface area contributed by atoms with Crippen molar-refractivity contribution >= 4 is 40.7 Å². The lowest BCUT2D eigenvalue weighted by Crippen LogP contribution is -1.91. The summed E-state index contributed by atoms with van der Waals surface area (Å²) in [6.07, 6.45) is 3.18. The van der Waals surface area contributed by atoms with Crippen LogP contribution in [0.5, 0.6) is 0 Å². The van der Waals surface area contributed by atoms with Crippen LogP contribution in [0.4, 0.5) is 5.69 Å². The third kappa shape index (κ3) is 3.49. The summed E-state index contributed by atoms with van der Waals surface area (Å²) < 4.78 is 0. The van der Waals surface area contributed by atoms with Crippen LogP contribution in [-0.2, 0) is 5.75 Å². The first-order chi connectivity index (χ1) is 8.15. The molecule has 1 aromatic heterocycles. The van der Waals surface area contributed by atoms with Gasteiger partial charge in [0.15, 0.2) is 0 Å². The average molecular weight is 286 g/mol. The lowest BCUT2D eigenvalue weighted by Gasteiger charge is -2.05. The van der Waals surface area contributed by atoms with Crippen molar-refractivity contribution in [2.24, 2.45) is 0 Å². The van der Waals surface area contributed by atoms with Crippen LogP contribution in [0.2, 0.25) is 10.2 Å². The largest absolute Gasteiger partial charge is 0.398 e. The minimum absolute atomic E-state index is 0.390. The number of hydrogen-bond acceptors (Lipinski definition) is 4. The van der Waals surface area contributed by atoms with Crippen LogP contribution in [0.25, 0.3) is 0 Å². The Morgan fingerprint density at radius 2 is 2.00 bits per heavy atom. The summed E-state index contributed by atoms with van der Waals surface area (Å²) >= 11 is 13.1. The third-order valence-electron chi connectivity index (χ3n) is 2.02. The van der Waals surface area contributed by atoms with Gasteiger partial charge in [0.05, 0.1) is 18.1 Å². The van der Waals surface area contributed by atoms with Gasteiger partial charge in [-0.05, 0) is 18.2 Å². The van der Waals surface area contributed by atoms with Crippen LogP contribution >= 0.6 is 35.0 Å². The molecule has 1 heterocycles. The van der Waals surface area contributed by atoms with Crippen molar-refractivity contribution in [1.82, 2.24) is 9.97 Å². The number of halogens is 2. The highest BCUT2D eigenvalue weighted by atomic mass is 35.5. The maximum absolute atomic E-state index is 5.91. The predicted molar refractivity (Wildman–Crippen MR) is 72.5 cm³/mol. The van der Waals surface area contributed by atoms with Crippen molar-refractivity contribution in [3.05, 3.63) is 46.5 Å². The molecule has 0 saturated carbocycles. The first kappa shape index (κ1) is 12.5. The number of rotatable bonds is 3. The highest BCUT2D eigenvalue weighted by molar-refractivity contribution is 7.98. The molecule has 0 unspecified atom stereocenters. The zero-order valence-electron chi connectivity index (χ0n) is 8.73. The van der Waals surface area contributed by atoms with E-state index in [4.69, 9.17) is 28.9 Å². The second-order valence-electron chi connectivity index (χ2n) is 3.30. The first-order valence-corrected chi connectivity index (χ1v) is 6.53. The first-order valence-electron chi connectivity index (χ1n) is 4.79. The molecule has 0 radical (unpaired) electrons. The van der Waals surface area contributed by atoms with E-state index in [0.29, 0.717) is 21.6 Å². The maximum Gasteiger partial charge on any atom is 0.147 e. The van der Waals surface area contributed by atoms with Gasteiger partial charge < -0.3 is 5.73 Å². The molecule has 2 N–H and O–H groups in total. The molecule has 0 saturated heterocycles. The summed E-state index contributed by atoms with van der Waals surface area (Å²) in [5.74, 6) is 0.675. The highest BCUT2D eigenvalue weighted by Crippen LogP contribution is 2.30. The van der Waals surface area contributed by atoms with Crippen LogP contribution in [-0.4, -0.2) is 9.97 Å². The number of nitrogens with two attached hydrogens (primary N) is 1. The Morgan fingerprint density at radius 3 is 2.71 bits per heavy atom. The summed E-state index contributed by atoms with van der Waals surface area (Å²) in [6.45, 7) is 0. The number of nitrogen functional groups attached to an aromatic ring is 1. The minimum atomic E-state index is 0.390. The summed E-state index contributed by atoms with van der Waals surface area (Å²) in [5.41, 5.74) is 7.40. The quantitative estimate of drug-likeness (QED) is 0.691. The highest BCUT2D eigenvalue weighted by Gasteiger charge is 2.03. The van der Waals surface area contributed by atoms with Gasteiger partial charge in [0.1, 0.15) is 5.15 Å². The Hall–Kier alpha value is -0.970. The predicted octanol–water partition coefficient (Wildman–Crippen LogP) is 3.66. The second-order valence-corrected chi connectivity index (χ2v) is 5.14. The van der Waals surface area contributed by atoms with Gasteiger partial charge in [0.25, 0.3) is 0 Å². The molecule has 1 aromatic carbocycles. The molecule has 0 atom stereocenters. The van der Waals surface area contributed by atoms with Gasteiger partial charge >= 0.3 is 0 Å². The molecule has 0 bridgehead atoms. The van der Waals surface area contributed by atoms with E-state index in [-0.39, 0.29) is 0 Å². The van der Waals surface area contributed by atoms with E-state index >= 15 is 0 Å². The van der Waals surface area contributed by atoms with Crippen molar-refractivity contribution in [3.8, 4) is 0 Å². The lowest BCUT2D eigenvalue weighted by molar-refractivity contribution is 1.10. The fourth-order valence-electron chi connectivity index (χ4n) is 1.20. The lowest BCUT2D eigenvalue weighted by atomic mass is 10.3. The molecule has 17 heavy (non-hydrogen) atoms. The van der Waals surface area contributed by atoms with Crippen molar-refractivity contribution in [1.29, 1.82) is 0 Å². The number of thioether (sulfide) groups is 1. The molecule has 2 rings (SSSR count). The standard InChI is InChI=1S/C11H9Cl2N3S/c12-7-1-2-9(14)10(3-7)17-6-8-4-16-11(13)5-15-8/h1-5H,6,14H2. The third-order valence-corrected chi connectivity index (χ3v) is 3.56. The molecule has 2 aromatic rings. The van der Waals surface area contributed by atoms with Crippen LogP contribution in [0.15, 0.2) is 35.5 Å². The van der Waals surface area contributed by atoms with Crippen LogP contribution in [0, 0.1) is 0 Å². The molecular formula is C11H9Cl2N3S. The maximum atomic E-state index is 5.91. The molecule has 0 spiro atoms. The number of nitrogens with zero attached hydrogens (tertiary/aromatic N) is 2. The van der Waals surface area contributed by atoms with E-state index < -0.39 is 0 Å². The number of aromatic nitrogens is 2. The van der Waals surface area contributed by atoms with E-state index in [2.05, 4.69) is 9.97 Å². The Kier molecular flexibility index (Phi) is 4.10. The topological polar surface area (TPSA) is 51.8 Å². The Labute approximate surface area is 113 Å². The van der Waals surface area contributed by atoms with Crippen molar-refractivity contribution in [3.63, 3.8) is 0 Å². The van der Waals surface area contributed by atoms with Crippen LogP contribution in [0.3, 0.4) is 0 Å². The molecule has 0 amide bonds. The number of anilines is 1. The molecule has 0 aliphatic carbocycles. The van der Waals surface area contributed by atoms with Gasteiger partial charge in [0, 0.05) is 21.4 Å². The molecular weight excluding hydrogens is 277 g/mol. The van der Waals surface area contributed by atoms with Gasteiger partial charge in [-0.25, -0.2) is 4.98 Å². The van der Waals surface area contributed by atoms with Gasteiger partial charge in [-0.1, -0.05) is 23.2 Å². The SMILES string of the molecule is Nc1ccc(Cl)cc1SCc1cnc(Cl)cn1. The fourth-order valence-corrected chi connectivity index (χ4v) is 2.43. The smallest absolute Gasteiger partial charge is 0.147 e. The molecule has 3 nitrogen and oxygen atoms in total. The van der Waals surface area contributed by atoms with Gasteiger partial charge in [-0.3, -0.25) is 4.98 Å².